The minimum Gasteiger partial charge on any atom is -0.488 e. The Kier molecular flexibility index (Phi) is 9.51. The monoisotopic (exact) mass is 651 g/mol. The summed E-state index contributed by atoms with van der Waals surface area (Å²) < 4.78 is 39.8. The Morgan fingerprint density at radius 1 is 0.979 bits per heavy atom. The van der Waals surface area contributed by atoms with Crippen LogP contribution in [0.3, 0.4) is 0 Å². The lowest BCUT2D eigenvalue weighted by Gasteiger charge is -2.21. The summed E-state index contributed by atoms with van der Waals surface area (Å²) in [7, 11) is 0. The van der Waals surface area contributed by atoms with Crippen LogP contribution in [0.25, 0.3) is 16.4 Å². The summed E-state index contributed by atoms with van der Waals surface area (Å²) in [5.74, 6) is -0.522. The van der Waals surface area contributed by atoms with Crippen LogP contribution in [0, 0.1) is 19.7 Å². The summed E-state index contributed by atoms with van der Waals surface area (Å²) in [6.07, 6.45) is 1.73. The number of hydrogen-bond acceptors (Lipinski definition) is 8. The number of fused-ring (bicyclic) bond motifs is 2. The van der Waals surface area contributed by atoms with Gasteiger partial charge in [-0.25, -0.2) is 18.5 Å². The number of alkyl carbamates (subject to hydrolysis) is 1. The maximum absolute atomic E-state index is 15.3. The van der Waals surface area contributed by atoms with Crippen molar-refractivity contribution in [3.63, 3.8) is 0 Å². The topological polar surface area (TPSA) is 129 Å². The van der Waals surface area contributed by atoms with Gasteiger partial charge in [0, 0.05) is 28.6 Å². The maximum Gasteiger partial charge on any atom is 0.408 e. The lowest BCUT2D eigenvalue weighted by atomic mass is 10.1. The number of halogens is 1. The molecule has 2 atom stereocenters. The number of aryl methyl sites for hydroxylation is 2. The second kappa shape index (κ2) is 14.2. The number of ether oxygens (including phenoxy) is 4. The van der Waals surface area contributed by atoms with Gasteiger partial charge in [0.05, 0.1) is 6.20 Å². The van der Waals surface area contributed by atoms with Crippen molar-refractivity contribution in [1.29, 1.82) is 0 Å². The number of nitrogens with zero attached hydrogens (tertiary/aromatic N) is 3. The number of carbonyl (C=O) groups is 2. The van der Waals surface area contributed by atoms with E-state index in [1.807, 2.05) is 67.6 Å². The molecule has 12 heteroatoms. The average molecular weight is 652 g/mol. The Bertz CT molecular complexity index is 2050. The van der Waals surface area contributed by atoms with E-state index in [0.29, 0.717) is 27.7 Å². The number of aromatic nitrogens is 4. The lowest BCUT2D eigenvalue weighted by Crippen LogP contribution is -2.45. The molecule has 2 N–H and O–H groups in total. The van der Waals surface area contributed by atoms with E-state index < -0.39 is 30.0 Å². The van der Waals surface area contributed by atoms with Crippen LogP contribution in [0.4, 0.5) is 9.18 Å². The van der Waals surface area contributed by atoms with E-state index in [0.717, 1.165) is 16.8 Å². The summed E-state index contributed by atoms with van der Waals surface area (Å²) in [6, 6.07) is 22.5. The van der Waals surface area contributed by atoms with Crippen molar-refractivity contribution in [2.24, 2.45) is 0 Å². The summed E-state index contributed by atoms with van der Waals surface area (Å²) in [6.45, 7) is 5.40. The van der Waals surface area contributed by atoms with Crippen LogP contribution in [0.2, 0.25) is 0 Å². The van der Waals surface area contributed by atoms with Crippen LogP contribution in [-0.4, -0.2) is 50.4 Å². The van der Waals surface area contributed by atoms with Crippen molar-refractivity contribution >= 4 is 28.5 Å². The van der Waals surface area contributed by atoms with Gasteiger partial charge < -0.3 is 29.2 Å². The van der Waals surface area contributed by atoms with E-state index in [4.69, 9.17) is 18.9 Å². The second-order valence-electron chi connectivity index (χ2n) is 11.4. The van der Waals surface area contributed by atoms with Gasteiger partial charge in [-0.15, -0.1) is 0 Å². The fourth-order valence-corrected chi connectivity index (χ4v) is 5.27. The van der Waals surface area contributed by atoms with Gasteiger partial charge in [0.15, 0.2) is 11.6 Å². The second-order valence-corrected chi connectivity index (χ2v) is 11.4. The summed E-state index contributed by atoms with van der Waals surface area (Å²) in [4.78, 5) is 33.3. The predicted octanol–water partition coefficient (Wildman–Crippen LogP) is 6.61. The molecular formula is C36H34FN5O6. The summed E-state index contributed by atoms with van der Waals surface area (Å²) in [5.41, 5.74) is 4.29. The molecule has 0 bridgehead atoms. The minimum absolute atomic E-state index is 0.00171. The van der Waals surface area contributed by atoms with E-state index in [2.05, 4.69) is 20.4 Å². The van der Waals surface area contributed by atoms with Crippen LogP contribution in [-0.2, 0) is 27.3 Å². The highest BCUT2D eigenvalue weighted by Gasteiger charge is 2.26. The van der Waals surface area contributed by atoms with E-state index in [1.165, 1.54) is 10.8 Å². The quantitative estimate of drug-likeness (QED) is 0.142. The molecule has 0 unspecified atom stereocenters. The highest BCUT2D eigenvalue weighted by Crippen LogP contribution is 2.34. The normalized spacial score (nSPS) is 12.4. The number of H-pyrrole nitrogens is 1. The first-order chi connectivity index (χ1) is 23.2. The number of hydrogen-bond donors (Lipinski definition) is 2. The van der Waals surface area contributed by atoms with Crippen LogP contribution in [0.15, 0.2) is 91.4 Å². The molecular weight excluding hydrogens is 617 g/mol. The number of benzene rings is 3. The molecule has 3 aromatic carbocycles. The first-order valence-electron chi connectivity index (χ1n) is 15.4. The third kappa shape index (κ3) is 7.38. The molecule has 0 radical (unpaired) electrons. The molecule has 3 aromatic heterocycles. The molecule has 0 aliphatic heterocycles. The number of esters is 1. The van der Waals surface area contributed by atoms with Crippen LogP contribution in [0.5, 0.6) is 17.4 Å². The third-order valence-corrected chi connectivity index (χ3v) is 7.65. The highest BCUT2D eigenvalue weighted by molar-refractivity contribution is 5.83. The van der Waals surface area contributed by atoms with Gasteiger partial charge >= 0.3 is 12.1 Å². The zero-order valence-corrected chi connectivity index (χ0v) is 26.6. The molecule has 1 amide bonds. The third-order valence-electron chi connectivity index (χ3n) is 7.65. The Morgan fingerprint density at radius 3 is 2.46 bits per heavy atom. The number of amides is 1. The summed E-state index contributed by atoms with van der Waals surface area (Å²) in [5, 5.41) is 7.31. The van der Waals surface area contributed by atoms with Crippen molar-refractivity contribution in [3.05, 3.63) is 120 Å². The molecule has 3 heterocycles. The standard InChI is InChI=1S/C36H34FN5O6/c1-22-16-27-28(40-22)14-15-30(32(27)37)48-34-33-24(3)31(18-42(33)39-21-38-34)45-19-23(2)47-35(43)29(17-25-10-6-4-7-11-25)41-36(44)46-20-26-12-8-5-9-13-26/h4-16,18,21,23,29,40H,17,19-20H2,1-3H3,(H,41,44)/t23-,29+/m1/s1. The fourth-order valence-electron chi connectivity index (χ4n) is 5.27. The van der Waals surface area contributed by atoms with Gasteiger partial charge in [-0.1, -0.05) is 60.7 Å². The van der Waals surface area contributed by atoms with Crippen molar-refractivity contribution in [3.8, 4) is 17.4 Å². The molecule has 0 aliphatic carbocycles. The van der Waals surface area contributed by atoms with Crippen LogP contribution >= 0.6 is 0 Å². The molecule has 6 aromatic rings. The molecule has 0 saturated carbocycles. The summed E-state index contributed by atoms with van der Waals surface area (Å²) >= 11 is 0. The first-order valence-corrected chi connectivity index (χ1v) is 15.4. The van der Waals surface area contributed by atoms with Crippen LogP contribution in [0.1, 0.15) is 29.3 Å². The molecule has 246 valence electrons. The van der Waals surface area contributed by atoms with Gasteiger partial charge in [0.1, 0.15) is 43.0 Å². The van der Waals surface area contributed by atoms with E-state index in [9.17, 15) is 9.59 Å². The van der Waals surface area contributed by atoms with Gasteiger partial charge in [-0.3, -0.25) is 0 Å². The number of rotatable bonds is 12. The minimum atomic E-state index is -0.998. The maximum atomic E-state index is 15.3. The SMILES string of the molecule is Cc1cc2c(F)c(Oc3ncnn4cc(OC[C@@H](C)OC(=O)[C@H](Cc5ccccc5)NC(=O)OCc5ccccc5)c(C)c34)ccc2[nH]1. The molecule has 0 spiro atoms. The van der Waals surface area contributed by atoms with Gasteiger partial charge in [0.25, 0.3) is 0 Å². The van der Waals surface area contributed by atoms with Crippen LogP contribution < -0.4 is 14.8 Å². The molecule has 48 heavy (non-hydrogen) atoms. The smallest absolute Gasteiger partial charge is 0.408 e. The lowest BCUT2D eigenvalue weighted by molar-refractivity contribution is -0.152. The Balaban J connectivity index is 1.11. The molecule has 0 saturated heterocycles. The van der Waals surface area contributed by atoms with Crippen molar-refractivity contribution in [2.75, 3.05) is 6.61 Å². The van der Waals surface area contributed by atoms with Crippen molar-refractivity contribution in [1.82, 2.24) is 24.9 Å². The highest BCUT2D eigenvalue weighted by atomic mass is 19.1. The van der Waals surface area contributed by atoms with E-state index in [1.54, 1.807) is 38.2 Å². The Labute approximate surface area is 275 Å². The Hall–Kier alpha value is -5.91. The number of nitrogens with one attached hydrogen (secondary N) is 2. The van der Waals surface area contributed by atoms with Gasteiger partial charge in [0.2, 0.25) is 5.88 Å². The van der Waals surface area contributed by atoms with Crippen molar-refractivity contribution < 1.29 is 32.9 Å². The number of carbonyl (C=O) groups excluding carboxylic acids is 2. The largest absolute Gasteiger partial charge is 0.488 e. The molecule has 0 fully saturated rings. The van der Waals surface area contributed by atoms with E-state index in [-0.39, 0.29) is 31.3 Å². The molecule has 0 aliphatic rings. The molecule has 11 nitrogen and oxygen atoms in total. The predicted molar refractivity (Wildman–Crippen MR) is 176 cm³/mol. The van der Waals surface area contributed by atoms with Gasteiger partial charge in [-0.05, 0) is 50.1 Å². The van der Waals surface area contributed by atoms with Gasteiger partial charge in [-0.2, -0.15) is 10.1 Å². The van der Waals surface area contributed by atoms with Crippen molar-refractivity contribution in [2.45, 2.75) is 45.9 Å². The zero-order valence-electron chi connectivity index (χ0n) is 26.6. The molecule has 6 rings (SSSR count). The first kappa shape index (κ1) is 32.0. The number of aromatic amines is 1. The van der Waals surface area contributed by atoms with E-state index >= 15 is 4.39 Å². The Morgan fingerprint density at radius 2 is 1.71 bits per heavy atom. The fraction of sp³-hybridized carbons (Fsp3) is 0.222. The zero-order chi connectivity index (χ0) is 33.6. The average Bonchev–Trinajstić information content (AvgIpc) is 3.64.